The summed E-state index contributed by atoms with van der Waals surface area (Å²) >= 11 is 0. The molecular formula is C20H24F3N5O2. The van der Waals surface area contributed by atoms with Crippen molar-refractivity contribution < 1.29 is 22.8 Å². The Morgan fingerprint density at radius 2 is 1.97 bits per heavy atom. The van der Waals surface area contributed by atoms with Gasteiger partial charge in [0.05, 0.1) is 11.3 Å². The molecule has 0 aliphatic carbocycles. The average Bonchev–Trinajstić information content (AvgIpc) is 3.06. The largest absolute Gasteiger partial charge is 0.433 e. The van der Waals surface area contributed by atoms with Crippen molar-refractivity contribution in [3.05, 3.63) is 47.0 Å². The highest BCUT2D eigenvalue weighted by molar-refractivity contribution is 5.95. The van der Waals surface area contributed by atoms with Crippen molar-refractivity contribution >= 4 is 11.8 Å². The lowest BCUT2D eigenvalue weighted by molar-refractivity contribution is -0.141. The second kappa shape index (κ2) is 8.85. The zero-order chi connectivity index (χ0) is 21.9. The van der Waals surface area contributed by atoms with Crippen LogP contribution in [0.1, 0.15) is 58.4 Å². The van der Waals surface area contributed by atoms with Crippen molar-refractivity contribution in [2.75, 3.05) is 13.1 Å². The van der Waals surface area contributed by atoms with E-state index in [0.717, 1.165) is 12.1 Å². The Balaban J connectivity index is 1.60. The predicted molar refractivity (Wildman–Crippen MR) is 103 cm³/mol. The Morgan fingerprint density at radius 1 is 1.20 bits per heavy atom. The molecule has 3 rings (SSSR count). The molecule has 0 radical (unpaired) electrons. The van der Waals surface area contributed by atoms with E-state index in [1.165, 1.54) is 6.92 Å². The molecule has 10 heteroatoms. The van der Waals surface area contributed by atoms with E-state index in [2.05, 4.69) is 15.4 Å². The van der Waals surface area contributed by atoms with Gasteiger partial charge in [-0.25, -0.2) is 4.98 Å². The molecule has 1 atom stereocenters. The first kappa shape index (κ1) is 21.8. The van der Waals surface area contributed by atoms with Gasteiger partial charge in [0.1, 0.15) is 11.4 Å². The first-order valence-corrected chi connectivity index (χ1v) is 9.87. The molecule has 2 aromatic heterocycles. The standard InChI is InChI=1S/C20H24F3N5O2/c1-3-28-12-9-16(26-28)19(30)27-10-4-5-14(8-11-27)25-18(29)15-6-7-17(20(21,22)23)24-13(15)2/h6-7,9,12,14H,3-5,8,10-11H2,1-2H3,(H,25,29)/t14-/m0/s1. The summed E-state index contributed by atoms with van der Waals surface area (Å²) in [6, 6.07) is 3.48. The number of aryl methyl sites for hydroxylation is 2. The van der Waals surface area contributed by atoms with Crippen molar-refractivity contribution in [1.82, 2.24) is 25.0 Å². The molecule has 162 valence electrons. The zero-order valence-electron chi connectivity index (χ0n) is 16.9. The summed E-state index contributed by atoms with van der Waals surface area (Å²) in [4.78, 5) is 30.4. The summed E-state index contributed by atoms with van der Waals surface area (Å²) in [5.41, 5.74) is -0.485. The van der Waals surface area contributed by atoms with Gasteiger partial charge >= 0.3 is 6.18 Å². The van der Waals surface area contributed by atoms with Crippen LogP contribution in [-0.4, -0.2) is 50.6 Å². The molecule has 1 saturated heterocycles. The number of nitrogens with one attached hydrogen (secondary N) is 1. The minimum absolute atomic E-state index is 0.0271. The van der Waals surface area contributed by atoms with Gasteiger partial charge < -0.3 is 10.2 Å². The van der Waals surface area contributed by atoms with Gasteiger partial charge in [0.2, 0.25) is 0 Å². The lowest BCUT2D eigenvalue weighted by Gasteiger charge is -2.20. The van der Waals surface area contributed by atoms with E-state index in [1.54, 1.807) is 21.8 Å². The third kappa shape index (κ3) is 4.98. The smallest absolute Gasteiger partial charge is 0.349 e. The molecule has 1 fully saturated rings. The van der Waals surface area contributed by atoms with Crippen LogP contribution in [0.3, 0.4) is 0 Å². The number of nitrogens with zero attached hydrogens (tertiary/aromatic N) is 4. The van der Waals surface area contributed by atoms with Crippen molar-refractivity contribution in [3.8, 4) is 0 Å². The van der Waals surface area contributed by atoms with Crippen LogP contribution in [0.2, 0.25) is 0 Å². The number of hydrogen-bond donors (Lipinski definition) is 1. The van der Waals surface area contributed by atoms with Gasteiger partial charge in [-0.3, -0.25) is 14.3 Å². The second-order valence-corrected chi connectivity index (χ2v) is 7.28. The van der Waals surface area contributed by atoms with Crippen molar-refractivity contribution in [2.45, 2.75) is 51.9 Å². The fraction of sp³-hybridized carbons (Fsp3) is 0.500. The minimum atomic E-state index is -4.55. The first-order chi connectivity index (χ1) is 14.2. The maximum absolute atomic E-state index is 12.8. The van der Waals surface area contributed by atoms with Crippen molar-refractivity contribution in [2.24, 2.45) is 0 Å². The van der Waals surface area contributed by atoms with E-state index in [9.17, 15) is 22.8 Å². The van der Waals surface area contributed by atoms with E-state index >= 15 is 0 Å². The van der Waals surface area contributed by atoms with Gasteiger partial charge in [-0.2, -0.15) is 18.3 Å². The second-order valence-electron chi connectivity index (χ2n) is 7.28. The molecule has 2 aromatic rings. The summed E-state index contributed by atoms with van der Waals surface area (Å²) in [5.74, 6) is -0.600. The molecule has 7 nitrogen and oxygen atoms in total. The molecule has 1 aliphatic heterocycles. The van der Waals surface area contributed by atoms with Gasteiger partial charge in [-0.15, -0.1) is 0 Å². The number of hydrogen-bond acceptors (Lipinski definition) is 4. The number of rotatable bonds is 4. The van der Waals surface area contributed by atoms with Crippen molar-refractivity contribution in [1.29, 1.82) is 0 Å². The van der Waals surface area contributed by atoms with Crippen LogP contribution in [0.4, 0.5) is 13.2 Å². The van der Waals surface area contributed by atoms with Gasteiger partial charge in [-0.05, 0) is 51.3 Å². The molecule has 2 amide bonds. The quantitative estimate of drug-likeness (QED) is 0.820. The number of carbonyl (C=O) groups excluding carboxylic acids is 2. The number of amides is 2. The average molecular weight is 423 g/mol. The Bertz CT molecular complexity index is 925. The van der Waals surface area contributed by atoms with Gasteiger partial charge in [-0.1, -0.05) is 0 Å². The minimum Gasteiger partial charge on any atom is -0.349 e. The fourth-order valence-electron chi connectivity index (χ4n) is 3.48. The molecule has 0 unspecified atom stereocenters. The van der Waals surface area contributed by atoms with E-state index in [0.29, 0.717) is 44.6 Å². The van der Waals surface area contributed by atoms with Gasteiger partial charge in [0.15, 0.2) is 0 Å². The maximum Gasteiger partial charge on any atom is 0.433 e. The van der Waals surface area contributed by atoms with Crippen molar-refractivity contribution in [3.63, 3.8) is 0 Å². The van der Waals surface area contributed by atoms with Gasteiger partial charge in [0.25, 0.3) is 11.8 Å². The summed E-state index contributed by atoms with van der Waals surface area (Å²) in [5, 5.41) is 7.11. The highest BCUT2D eigenvalue weighted by Crippen LogP contribution is 2.28. The first-order valence-electron chi connectivity index (χ1n) is 9.87. The highest BCUT2D eigenvalue weighted by atomic mass is 19.4. The maximum atomic E-state index is 12.8. The molecule has 1 N–H and O–H groups in total. The monoisotopic (exact) mass is 423 g/mol. The molecule has 0 aromatic carbocycles. The summed E-state index contributed by atoms with van der Waals surface area (Å²) in [7, 11) is 0. The van der Waals surface area contributed by atoms with Crippen LogP contribution < -0.4 is 5.32 Å². The van der Waals surface area contributed by atoms with E-state index in [-0.39, 0.29) is 23.2 Å². The molecule has 30 heavy (non-hydrogen) atoms. The number of likely N-dealkylation sites (tertiary alicyclic amines) is 1. The van der Waals surface area contributed by atoms with Crippen LogP contribution >= 0.6 is 0 Å². The van der Waals surface area contributed by atoms with E-state index in [4.69, 9.17) is 0 Å². The van der Waals surface area contributed by atoms with Crippen LogP contribution in [0, 0.1) is 6.92 Å². The lowest BCUT2D eigenvalue weighted by Crippen LogP contribution is -2.37. The molecular weight excluding hydrogens is 399 g/mol. The fourth-order valence-corrected chi connectivity index (χ4v) is 3.48. The molecule has 0 saturated carbocycles. The van der Waals surface area contributed by atoms with E-state index < -0.39 is 17.8 Å². The Labute approximate surface area is 172 Å². The van der Waals surface area contributed by atoms with Gasteiger partial charge in [0, 0.05) is 31.9 Å². The molecule has 0 spiro atoms. The third-order valence-electron chi connectivity index (χ3n) is 5.16. The zero-order valence-corrected chi connectivity index (χ0v) is 16.9. The normalized spacial score (nSPS) is 17.5. The third-order valence-corrected chi connectivity index (χ3v) is 5.16. The predicted octanol–water partition coefficient (Wildman–Crippen LogP) is 3.05. The molecule has 0 bridgehead atoms. The Kier molecular flexibility index (Phi) is 6.42. The van der Waals surface area contributed by atoms with Crippen LogP contribution in [0.15, 0.2) is 24.4 Å². The Morgan fingerprint density at radius 3 is 2.60 bits per heavy atom. The topological polar surface area (TPSA) is 80.1 Å². The summed E-state index contributed by atoms with van der Waals surface area (Å²) in [6.45, 7) is 5.03. The number of carbonyl (C=O) groups is 2. The summed E-state index contributed by atoms with van der Waals surface area (Å²) < 4.78 is 40.0. The molecule has 3 heterocycles. The van der Waals surface area contributed by atoms with E-state index in [1.807, 2.05) is 6.92 Å². The highest BCUT2D eigenvalue weighted by Gasteiger charge is 2.33. The van der Waals surface area contributed by atoms with Crippen LogP contribution in [0.5, 0.6) is 0 Å². The SMILES string of the molecule is CCn1ccc(C(=O)N2CCC[C@H](NC(=O)c3ccc(C(F)(F)F)nc3C)CC2)n1. The van der Waals surface area contributed by atoms with Crippen LogP contribution in [-0.2, 0) is 12.7 Å². The Hall–Kier alpha value is -2.91. The number of aromatic nitrogens is 3. The number of halogens is 3. The summed E-state index contributed by atoms with van der Waals surface area (Å²) in [6.07, 6.45) is -0.862. The lowest BCUT2D eigenvalue weighted by atomic mass is 10.1. The number of pyridine rings is 1. The number of alkyl halides is 3. The molecule has 1 aliphatic rings. The van der Waals surface area contributed by atoms with Crippen LogP contribution in [0.25, 0.3) is 0 Å².